The molecule has 1 saturated carbocycles. The minimum Gasteiger partial charge on any atom is -0.480 e. The van der Waals surface area contributed by atoms with Crippen LogP contribution < -0.4 is 10.2 Å². The number of carboxylic acids is 1. The molecular weight excluding hydrogens is 332 g/mol. The van der Waals surface area contributed by atoms with Gasteiger partial charge in [-0.15, -0.1) is 0 Å². The van der Waals surface area contributed by atoms with E-state index in [1.54, 1.807) is 54.6 Å². The van der Waals surface area contributed by atoms with Crippen molar-refractivity contribution >= 4 is 29.2 Å². The van der Waals surface area contributed by atoms with Gasteiger partial charge in [0.25, 0.3) is 5.91 Å². The molecule has 2 unspecified atom stereocenters. The molecule has 26 heavy (non-hydrogen) atoms. The average molecular weight is 352 g/mol. The number of nitrogens with one attached hydrogen (secondary N) is 1. The molecule has 2 atom stereocenters. The summed E-state index contributed by atoms with van der Waals surface area (Å²) in [6.45, 7) is 1.60. The van der Waals surface area contributed by atoms with E-state index in [-0.39, 0.29) is 11.8 Å². The van der Waals surface area contributed by atoms with Crippen LogP contribution in [0.15, 0.2) is 54.6 Å². The minimum atomic E-state index is -1.09. The third kappa shape index (κ3) is 4.08. The first kappa shape index (κ1) is 17.7. The van der Waals surface area contributed by atoms with E-state index in [2.05, 4.69) is 5.32 Å². The fourth-order valence-electron chi connectivity index (χ4n) is 2.80. The number of benzene rings is 2. The van der Waals surface area contributed by atoms with Crippen LogP contribution in [-0.4, -0.2) is 29.4 Å². The molecule has 0 saturated heterocycles. The van der Waals surface area contributed by atoms with E-state index in [0.717, 1.165) is 6.42 Å². The van der Waals surface area contributed by atoms with Crippen molar-refractivity contribution in [2.75, 3.05) is 16.8 Å². The first-order chi connectivity index (χ1) is 12.5. The summed E-state index contributed by atoms with van der Waals surface area (Å²) in [5, 5.41) is 12.0. The molecule has 1 aliphatic rings. The predicted octanol–water partition coefficient (Wildman–Crippen LogP) is 3.01. The van der Waals surface area contributed by atoms with Gasteiger partial charge >= 0.3 is 5.97 Å². The number of carboxylic acid groups (broad SMARTS) is 1. The Bertz CT molecular complexity index is 817. The number of hydrogen-bond acceptors (Lipinski definition) is 3. The van der Waals surface area contributed by atoms with Crippen LogP contribution in [0.4, 0.5) is 11.4 Å². The molecule has 2 aromatic rings. The maximum absolute atomic E-state index is 12.8. The number of aliphatic carboxylic acids is 1. The van der Waals surface area contributed by atoms with Crippen molar-refractivity contribution in [3.63, 3.8) is 0 Å². The standard InChI is InChI=1S/C20H20N2O4/c1-13-11-17(13)19(25)21-15-9-7-14(8-10-15)20(26)22(12-18(23)24)16-5-3-2-4-6-16/h2-10,13,17H,11-12H2,1H3,(H,21,25)(H,23,24). The zero-order valence-electron chi connectivity index (χ0n) is 14.4. The molecule has 0 aromatic heterocycles. The molecule has 0 bridgehead atoms. The lowest BCUT2D eigenvalue weighted by molar-refractivity contribution is -0.135. The second-order valence-corrected chi connectivity index (χ2v) is 6.51. The van der Waals surface area contributed by atoms with Crippen LogP contribution in [0.25, 0.3) is 0 Å². The summed E-state index contributed by atoms with van der Waals surface area (Å²) in [4.78, 5) is 37.1. The van der Waals surface area contributed by atoms with Crippen LogP contribution in [0.5, 0.6) is 0 Å². The maximum atomic E-state index is 12.8. The summed E-state index contributed by atoms with van der Waals surface area (Å²) in [6.07, 6.45) is 0.906. The first-order valence-corrected chi connectivity index (χ1v) is 8.45. The third-order valence-electron chi connectivity index (χ3n) is 4.45. The zero-order chi connectivity index (χ0) is 18.7. The number of nitrogens with zero attached hydrogens (tertiary/aromatic N) is 1. The van der Waals surface area contributed by atoms with Gasteiger partial charge in [0.2, 0.25) is 5.91 Å². The van der Waals surface area contributed by atoms with Crippen molar-refractivity contribution < 1.29 is 19.5 Å². The van der Waals surface area contributed by atoms with Gasteiger partial charge in [-0.05, 0) is 48.7 Å². The van der Waals surface area contributed by atoms with Gasteiger partial charge in [0, 0.05) is 22.9 Å². The van der Waals surface area contributed by atoms with Crippen LogP contribution in [0.1, 0.15) is 23.7 Å². The molecule has 1 fully saturated rings. The molecule has 0 aliphatic heterocycles. The summed E-state index contributed by atoms with van der Waals surface area (Å²) in [6, 6.07) is 15.1. The van der Waals surface area contributed by atoms with Crippen molar-refractivity contribution in [3.8, 4) is 0 Å². The monoisotopic (exact) mass is 352 g/mol. The van der Waals surface area contributed by atoms with E-state index in [0.29, 0.717) is 22.9 Å². The van der Waals surface area contributed by atoms with Gasteiger partial charge in [0.05, 0.1) is 0 Å². The number of hydrogen-bond donors (Lipinski definition) is 2. The van der Waals surface area contributed by atoms with Gasteiger partial charge in [0.15, 0.2) is 0 Å². The number of anilines is 2. The third-order valence-corrected chi connectivity index (χ3v) is 4.45. The highest BCUT2D eigenvalue weighted by Gasteiger charge is 2.39. The van der Waals surface area contributed by atoms with Crippen molar-refractivity contribution in [1.82, 2.24) is 0 Å². The SMILES string of the molecule is CC1CC1C(=O)Nc1ccc(C(=O)N(CC(=O)O)c2ccccc2)cc1. The molecule has 6 heteroatoms. The second kappa shape index (κ2) is 7.39. The van der Waals surface area contributed by atoms with Gasteiger partial charge in [0.1, 0.15) is 6.54 Å². The van der Waals surface area contributed by atoms with E-state index in [1.165, 1.54) is 4.90 Å². The Hall–Kier alpha value is -3.15. The lowest BCUT2D eigenvalue weighted by Gasteiger charge is -2.21. The Morgan fingerprint density at radius 2 is 1.69 bits per heavy atom. The van der Waals surface area contributed by atoms with Crippen LogP contribution in [-0.2, 0) is 9.59 Å². The summed E-state index contributed by atoms with van der Waals surface area (Å²) >= 11 is 0. The second-order valence-electron chi connectivity index (χ2n) is 6.51. The fraction of sp³-hybridized carbons (Fsp3) is 0.250. The quantitative estimate of drug-likeness (QED) is 0.837. The Morgan fingerprint density at radius 1 is 1.08 bits per heavy atom. The number of carbonyl (C=O) groups excluding carboxylic acids is 2. The Balaban J connectivity index is 1.74. The number of carbonyl (C=O) groups is 3. The molecular formula is C20H20N2O4. The molecule has 0 heterocycles. The molecule has 2 N–H and O–H groups in total. The largest absolute Gasteiger partial charge is 0.480 e. The normalized spacial score (nSPS) is 18.0. The van der Waals surface area contributed by atoms with Crippen molar-refractivity contribution in [2.24, 2.45) is 11.8 Å². The Labute approximate surface area is 151 Å². The van der Waals surface area contributed by atoms with Crippen LogP contribution >= 0.6 is 0 Å². The van der Waals surface area contributed by atoms with E-state index in [9.17, 15) is 14.4 Å². The molecule has 0 spiro atoms. The van der Waals surface area contributed by atoms with Gasteiger partial charge in [-0.25, -0.2) is 0 Å². The van der Waals surface area contributed by atoms with Crippen LogP contribution in [0.3, 0.4) is 0 Å². The van der Waals surface area contributed by atoms with Gasteiger partial charge in [-0.2, -0.15) is 0 Å². The predicted molar refractivity (Wildman–Crippen MR) is 98.1 cm³/mol. The Morgan fingerprint density at radius 3 is 2.23 bits per heavy atom. The average Bonchev–Trinajstić information content (AvgIpc) is 3.37. The fourth-order valence-corrected chi connectivity index (χ4v) is 2.80. The van der Waals surface area contributed by atoms with Crippen molar-refractivity contribution in [3.05, 3.63) is 60.2 Å². The van der Waals surface area contributed by atoms with Gasteiger partial charge in [-0.3, -0.25) is 19.3 Å². The molecule has 1 aliphatic carbocycles. The first-order valence-electron chi connectivity index (χ1n) is 8.45. The highest BCUT2D eigenvalue weighted by Crippen LogP contribution is 2.38. The molecule has 6 nitrogen and oxygen atoms in total. The number of rotatable bonds is 6. The van der Waals surface area contributed by atoms with Crippen LogP contribution in [0, 0.1) is 11.8 Å². The number of para-hydroxylation sites is 1. The highest BCUT2D eigenvalue weighted by molar-refractivity contribution is 6.08. The lowest BCUT2D eigenvalue weighted by atomic mass is 10.1. The summed E-state index contributed by atoms with van der Waals surface area (Å²) in [7, 11) is 0. The maximum Gasteiger partial charge on any atom is 0.323 e. The molecule has 0 radical (unpaired) electrons. The van der Waals surface area contributed by atoms with Gasteiger partial charge in [-0.1, -0.05) is 25.1 Å². The molecule has 3 rings (SSSR count). The van der Waals surface area contributed by atoms with E-state index >= 15 is 0 Å². The van der Waals surface area contributed by atoms with E-state index in [1.807, 2.05) is 6.92 Å². The van der Waals surface area contributed by atoms with E-state index < -0.39 is 18.4 Å². The van der Waals surface area contributed by atoms with Gasteiger partial charge < -0.3 is 10.4 Å². The molecule has 2 aromatic carbocycles. The minimum absolute atomic E-state index is 0.00614. The van der Waals surface area contributed by atoms with Crippen LogP contribution in [0.2, 0.25) is 0 Å². The Kier molecular flexibility index (Phi) is 5.02. The summed E-state index contributed by atoms with van der Waals surface area (Å²) < 4.78 is 0. The summed E-state index contributed by atoms with van der Waals surface area (Å²) in [5.41, 5.74) is 1.49. The molecule has 134 valence electrons. The summed E-state index contributed by atoms with van der Waals surface area (Å²) in [5.74, 6) is -1.02. The molecule has 2 amide bonds. The number of amides is 2. The lowest BCUT2D eigenvalue weighted by Crippen LogP contribution is -2.35. The van der Waals surface area contributed by atoms with Crippen molar-refractivity contribution in [2.45, 2.75) is 13.3 Å². The zero-order valence-corrected chi connectivity index (χ0v) is 14.4. The highest BCUT2D eigenvalue weighted by atomic mass is 16.4. The smallest absolute Gasteiger partial charge is 0.323 e. The van der Waals surface area contributed by atoms with Crippen molar-refractivity contribution in [1.29, 1.82) is 0 Å². The topological polar surface area (TPSA) is 86.7 Å². The van der Waals surface area contributed by atoms with E-state index in [4.69, 9.17) is 5.11 Å².